The third kappa shape index (κ3) is 42.6. The first-order valence-electron chi connectivity index (χ1n) is 43.2. The first-order chi connectivity index (χ1) is 55.9. The summed E-state index contributed by atoms with van der Waals surface area (Å²) in [5.41, 5.74) is 19.5. The van der Waals surface area contributed by atoms with Crippen molar-refractivity contribution in [2.75, 3.05) is 6.54 Å². The van der Waals surface area contributed by atoms with Gasteiger partial charge in [-0.3, -0.25) is 14.7 Å². The third-order valence-corrected chi connectivity index (χ3v) is 22.7. The molecule has 10 aromatic heterocycles. The highest BCUT2D eigenvalue weighted by Crippen LogP contribution is 2.34. The van der Waals surface area contributed by atoms with Crippen molar-refractivity contribution in [3.8, 4) is 0 Å². The molecular weight excluding hydrogens is 1610 g/mol. The number of nitrogens with zero attached hydrogens (tertiary/aromatic N) is 14. The summed E-state index contributed by atoms with van der Waals surface area (Å²) in [6, 6.07) is 6.27. The topological polar surface area (TPSA) is 216 Å². The molecule has 0 radical (unpaired) electrons. The summed E-state index contributed by atoms with van der Waals surface area (Å²) < 4.78 is 32.8. The SMILES string of the molecule is C=CC1=NC(C(C)(C)C)=CC1.C=CC1=NCC=C1C(C)(C)C.Cc1cc(C(C)(C)C)n(C)n1.Cc1cc(C(C)(C)C)on1.Cc1cc(C(C)(C)C)sn1.Cc1nc(C(C)(C)C)cn1C.Cc1nc(C(C)(C)C)co1.Cc1nc(C(C)(C)C)cs1.Cc1ncc(C(C)(C)C)o1.Cc1ncc(C(C)(C)C)s1.Cc1nocc1C(C)(C)C.Cc1nscc1C(C)(C)C. The zero-order valence-corrected chi connectivity index (χ0v) is 89.7. The van der Waals surface area contributed by atoms with Crippen molar-refractivity contribution in [2.45, 2.75) is 379 Å². The highest BCUT2D eigenvalue weighted by molar-refractivity contribution is 7.11. The zero-order valence-electron chi connectivity index (χ0n) is 86.4. The average molecular weight is 1780 g/mol. The van der Waals surface area contributed by atoms with E-state index >= 15 is 0 Å². The van der Waals surface area contributed by atoms with Crippen LogP contribution >= 0.6 is 45.7 Å². The van der Waals surface area contributed by atoms with Gasteiger partial charge in [0, 0.05) is 134 Å². The molecule has 2 aliphatic heterocycles. The van der Waals surface area contributed by atoms with Gasteiger partial charge in [-0.1, -0.05) is 285 Å². The van der Waals surface area contributed by atoms with Gasteiger partial charge >= 0.3 is 0 Å². The smallest absolute Gasteiger partial charge is 0.191 e. The Kier molecular flexibility index (Phi) is 43.5. The second-order valence-electron chi connectivity index (χ2n) is 44.0. The van der Waals surface area contributed by atoms with Gasteiger partial charge in [0.1, 0.15) is 29.9 Å². The van der Waals surface area contributed by atoms with Crippen molar-refractivity contribution in [2.24, 2.45) is 34.9 Å². The fraction of sp³-hybridized carbons (Fsp3) is 0.608. The van der Waals surface area contributed by atoms with E-state index in [4.69, 9.17) is 17.9 Å². The Balaban J connectivity index is 0.000000677. The van der Waals surface area contributed by atoms with Crippen LogP contribution in [-0.2, 0) is 68.2 Å². The maximum Gasteiger partial charge on any atom is 0.191 e. The molecule has 0 N–H and O–H groups in total. The third-order valence-electron chi connectivity index (χ3n) is 18.6. The maximum atomic E-state index is 5.34. The summed E-state index contributed by atoms with van der Waals surface area (Å²) in [6.45, 7) is 106. The van der Waals surface area contributed by atoms with E-state index in [-0.39, 0.29) is 65.0 Å². The molecule has 22 heteroatoms. The second-order valence-corrected chi connectivity index (χ2v) is 47.7. The van der Waals surface area contributed by atoms with Crippen molar-refractivity contribution in [1.82, 2.24) is 58.3 Å². The van der Waals surface area contributed by atoms with Crippen LogP contribution in [0.3, 0.4) is 0 Å². The number of rotatable bonds is 2. The number of aliphatic imine (C=N–C) groups is 2. The summed E-state index contributed by atoms with van der Waals surface area (Å²) in [5, 5.41) is 18.5. The molecule has 0 bridgehead atoms. The quantitative estimate of drug-likeness (QED) is 0.157. The molecule has 12 heterocycles. The minimum absolute atomic E-state index is 0.0846. The first-order valence-corrected chi connectivity index (χ1v) is 46.5. The van der Waals surface area contributed by atoms with Crippen LogP contribution in [0.5, 0.6) is 0 Å². The highest BCUT2D eigenvalue weighted by atomic mass is 32.1. The van der Waals surface area contributed by atoms with Gasteiger partial charge in [0.15, 0.2) is 11.8 Å². The summed E-state index contributed by atoms with van der Waals surface area (Å²) >= 11 is 6.65. The summed E-state index contributed by atoms with van der Waals surface area (Å²) in [7, 11) is 4.02. The van der Waals surface area contributed by atoms with E-state index in [1.54, 1.807) is 64.5 Å². The highest BCUT2D eigenvalue weighted by Gasteiger charge is 2.27. The lowest BCUT2D eigenvalue weighted by Crippen LogP contribution is -2.16. The van der Waals surface area contributed by atoms with Gasteiger partial charge in [0.05, 0.1) is 74.0 Å². The van der Waals surface area contributed by atoms with Gasteiger partial charge in [-0.2, -0.15) is 13.8 Å². The van der Waals surface area contributed by atoms with Crippen LogP contribution in [0.15, 0.2) is 137 Å². The van der Waals surface area contributed by atoms with Crippen molar-refractivity contribution < 1.29 is 17.9 Å². The Morgan fingerprint density at radius 3 is 1.23 bits per heavy atom. The molecule has 10 aromatic rings. The number of oxazole rings is 2. The zero-order chi connectivity index (χ0) is 96.5. The lowest BCUT2D eigenvalue weighted by atomic mass is 9.84. The van der Waals surface area contributed by atoms with Crippen LogP contribution in [0.25, 0.3) is 0 Å². The Morgan fingerprint density at radius 2 is 1.01 bits per heavy atom. The van der Waals surface area contributed by atoms with Crippen molar-refractivity contribution in [3.63, 3.8) is 0 Å². The summed E-state index contributed by atoms with van der Waals surface area (Å²) in [4.78, 5) is 32.8. The van der Waals surface area contributed by atoms with Crippen molar-refractivity contribution >= 4 is 57.2 Å². The Labute approximate surface area is 768 Å². The molecule has 0 saturated carbocycles. The molecule has 0 saturated heterocycles. The number of thiazole rings is 2. The second kappa shape index (κ2) is 47.2. The largest absolute Gasteiger partial charge is 0.449 e. The number of aryl methyl sites for hydroxylation is 12. The molecule has 0 aromatic carbocycles. The number of imidazole rings is 1. The standard InChI is InChI=1S/2C10H15N.2C9H16N2.4C8H13NO.4C8H13NS/c1-5-9-8(6-7-11-9)10(2,3)4;1-5-8-6-7-9(11-8)10(2,3)4;1-7-10-8(6-11(7)5)9(2,3)4;1-7-6-8(9(2,3)4)11(5)10-7;1-6-9-7(5-10-6)8(2,3)4;1-6-9-5-7(10-6)8(2,3)4;1-6-7(5-10-9-6)8(2,3)4;1-6-5-7(10-9-6)8(2,3)4;1-6-9-7(5-10-6)8(2,3)4;1-6-9-5-7(10-6)8(2,3)4;1-6-7(5-10-9-6)8(2,3)4;1-6-5-7(10-9-6)8(2,3)4/h5-6H,1,7H2,2-4H3;5,7H,1,6H2,2-4H3;2*6H,1-5H3;8*5H,1-4H3. The van der Waals surface area contributed by atoms with Crippen LogP contribution in [0, 0.1) is 80.1 Å². The van der Waals surface area contributed by atoms with E-state index in [0.29, 0.717) is 0 Å². The molecule has 12 rings (SSSR count). The lowest BCUT2D eigenvalue weighted by molar-refractivity contribution is 0.327. The molecule has 0 atom stereocenters. The molecular formula is C102H166N14O4S4. The van der Waals surface area contributed by atoms with Crippen LogP contribution in [0.2, 0.25) is 0 Å². The molecule has 18 nitrogen and oxygen atoms in total. The molecule has 124 heavy (non-hydrogen) atoms. The minimum Gasteiger partial charge on any atom is -0.449 e. The molecule has 2 aliphatic rings. The number of hydrogen-bond donors (Lipinski definition) is 0. The van der Waals surface area contributed by atoms with Crippen LogP contribution in [0.1, 0.15) is 367 Å². The molecule has 0 aliphatic carbocycles. The van der Waals surface area contributed by atoms with Crippen LogP contribution < -0.4 is 0 Å². The predicted octanol–water partition coefficient (Wildman–Crippen LogP) is 29.7. The maximum absolute atomic E-state index is 5.34. The predicted molar refractivity (Wildman–Crippen MR) is 535 cm³/mol. The van der Waals surface area contributed by atoms with Crippen LogP contribution in [0.4, 0.5) is 0 Å². The van der Waals surface area contributed by atoms with E-state index in [2.05, 4.69) is 374 Å². The molecule has 0 spiro atoms. The normalized spacial score (nSPS) is 13.0. The van der Waals surface area contributed by atoms with Gasteiger partial charge in [-0.15, -0.1) is 22.7 Å². The first kappa shape index (κ1) is 114. The van der Waals surface area contributed by atoms with Crippen molar-refractivity contribution in [3.05, 3.63) is 220 Å². The molecule has 0 unspecified atom stereocenters. The summed E-state index contributed by atoms with van der Waals surface area (Å²) in [5.74, 6) is 4.46. The summed E-state index contributed by atoms with van der Waals surface area (Å²) in [6.07, 6.45) is 18.3. The molecule has 0 fully saturated rings. The van der Waals surface area contributed by atoms with Crippen molar-refractivity contribution in [1.29, 1.82) is 0 Å². The van der Waals surface area contributed by atoms with E-state index in [1.165, 1.54) is 49.2 Å². The molecule has 692 valence electrons. The van der Waals surface area contributed by atoms with E-state index < -0.39 is 0 Å². The van der Waals surface area contributed by atoms with E-state index in [9.17, 15) is 0 Å². The lowest BCUT2D eigenvalue weighted by Gasteiger charge is -2.20. The number of hydrogen-bond acceptors (Lipinski definition) is 20. The minimum atomic E-state index is 0.0846. The fourth-order valence-corrected chi connectivity index (χ4v) is 14.3. The fourth-order valence-electron chi connectivity index (χ4n) is 10.9. The van der Waals surface area contributed by atoms with Crippen LogP contribution in [-0.4, -0.2) is 76.3 Å². The van der Waals surface area contributed by atoms with E-state index in [1.807, 2.05) is 106 Å². The Morgan fingerprint density at radius 1 is 0.452 bits per heavy atom. The number of aromatic nitrogens is 12. The Hall–Kier alpha value is -7.92. The number of allylic oxidation sites excluding steroid dienone is 5. The molecule has 0 amide bonds. The van der Waals surface area contributed by atoms with Gasteiger partial charge in [0.25, 0.3) is 0 Å². The average Bonchev–Trinajstić information content (AvgIpc) is 1.70. The van der Waals surface area contributed by atoms with Gasteiger partial charge < -0.3 is 22.4 Å². The van der Waals surface area contributed by atoms with Gasteiger partial charge in [-0.25, -0.2) is 24.9 Å². The monoisotopic (exact) mass is 1780 g/mol. The van der Waals surface area contributed by atoms with Gasteiger partial charge in [0.2, 0.25) is 0 Å². The Bertz CT molecular complexity index is 4480. The van der Waals surface area contributed by atoms with Gasteiger partial charge in [-0.05, 0) is 141 Å². The van der Waals surface area contributed by atoms with E-state index in [0.717, 1.165) is 97.7 Å².